The fourth-order valence-electron chi connectivity index (χ4n) is 6.27. The molecule has 1 aromatic carbocycles. The normalized spacial score (nSPS) is 21.4. The molecule has 48 heavy (non-hydrogen) atoms. The van der Waals surface area contributed by atoms with Crippen LogP contribution in [-0.4, -0.2) is 62.3 Å². The Morgan fingerprint density at radius 3 is 2.48 bits per heavy atom. The number of rotatable bonds is 7. The topological polar surface area (TPSA) is 109 Å². The van der Waals surface area contributed by atoms with Gasteiger partial charge in [-0.2, -0.15) is 26.3 Å². The summed E-state index contributed by atoms with van der Waals surface area (Å²) in [6.45, 7) is 1.35. The lowest BCUT2D eigenvalue weighted by Gasteiger charge is -2.51. The van der Waals surface area contributed by atoms with E-state index in [1.807, 2.05) is 0 Å². The zero-order chi connectivity index (χ0) is 35.0. The van der Waals surface area contributed by atoms with Crippen molar-refractivity contribution in [2.24, 2.45) is 0 Å². The van der Waals surface area contributed by atoms with Crippen LogP contribution in [-0.2, 0) is 34.8 Å². The number of amides is 2. The molecule has 258 valence electrons. The molecule has 17 heteroatoms. The monoisotopic (exact) mass is 719 g/mol. The molecule has 5 rings (SSSR count). The predicted molar refractivity (Wildman–Crippen MR) is 159 cm³/mol. The minimum atomic E-state index is -4.95. The largest absolute Gasteiger partial charge is 0.507 e. The molecule has 0 radical (unpaired) electrons. The number of hydrogen-bond acceptors (Lipinski definition) is 7. The molecular weight excluding hydrogens is 692 g/mol. The van der Waals surface area contributed by atoms with Crippen LogP contribution < -0.4 is 4.74 Å². The van der Waals surface area contributed by atoms with Gasteiger partial charge in [0.05, 0.1) is 11.6 Å². The number of alkyl halides is 6. The van der Waals surface area contributed by atoms with E-state index in [9.17, 15) is 45.8 Å². The smallest absolute Gasteiger partial charge is 0.474 e. The van der Waals surface area contributed by atoms with Crippen molar-refractivity contribution in [3.05, 3.63) is 80.3 Å². The van der Waals surface area contributed by atoms with E-state index in [-0.39, 0.29) is 50.9 Å². The molecule has 2 aliphatic heterocycles. The molecule has 1 saturated heterocycles. The maximum Gasteiger partial charge on any atom is 0.507 e. The summed E-state index contributed by atoms with van der Waals surface area (Å²) < 4.78 is 94.0. The first-order valence-electron chi connectivity index (χ1n) is 14.7. The minimum absolute atomic E-state index is 0.00731. The van der Waals surface area contributed by atoms with Crippen LogP contribution in [0.5, 0.6) is 5.75 Å². The lowest BCUT2D eigenvalue weighted by Crippen LogP contribution is -2.69. The highest BCUT2D eigenvalue weighted by Gasteiger charge is 2.57. The number of ether oxygens (including phenoxy) is 2. The van der Waals surface area contributed by atoms with Crippen molar-refractivity contribution in [1.82, 2.24) is 14.8 Å². The molecule has 2 aliphatic rings. The Morgan fingerprint density at radius 2 is 1.83 bits per heavy atom. The number of benzene rings is 1. The van der Waals surface area contributed by atoms with E-state index in [1.54, 1.807) is 25.1 Å². The average Bonchev–Trinajstić information content (AvgIpc) is 3.49. The van der Waals surface area contributed by atoms with Gasteiger partial charge in [0, 0.05) is 48.6 Å². The third-order valence-corrected chi connectivity index (χ3v) is 9.45. The number of aromatic nitrogens is 1. The van der Waals surface area contributed by atoms with Crippen molar-refractivity contribution in [3.63, 3.8) is 0 Å². The average molecular weight is 720 g/mol. The molecule has 0 spiro atoms. The SMILES string of the molecule is CCC[C@H]1N(C(=O)c2ncccc2C(F)(F)F)CCC[C@@]1(Oc1csc(C(F)(F)F)c1)C(=O)N1Cc2ccc(Cl)cc2C[C@H]1OC(=O)O. The summed E-state index contributed by atoms with van der Waals surface area (Å²) in [7, 11) is 0. The van der Waals surface area contributed by atoms with E-state index in [0.717, 1.165) is 27.4 Å². The quantitative estimate of drug-likeness (QED) is 0.197. The molecule has 3 aromatic rings. The van der Waals surface area contributed by atoms with E-state index in [0.29, 0.717) is 39.6 Å². The number of piperidine rings is 1. The third kappa shape index (κ3) is 7.04. The summed E-state index contributed by atoms with van der Waals surface area (Å²) in [4.78, 5) is 45.4. The standard InChI is InChI=1S/C31H28ClF6N3O6S/c1-2-5-22-29(47-20-14-23(48-16-20)31(36,37)38,9-4-11-40(22)26(42)25-21(30(33,34)35)6-3-10-39-25)27(43)41-15-17-7-8-19(32)12-18(17)13-24(41)46-28(44)45/h3,6-8,10,12,14,16,22,24H,2,4-5,9,11,13,15H2,1H3,(H,44,45)/t22-,24-,29+/m1/s1. The number of carboxylic acid groups (broad SMARTS) is 1. The van der Waals surface area contributed by atoms with Crippen molar-refractivity contribution in [2.75, 3.05) is 6.54 Å². The lowest BCUT2D eigenvalue weighted by molar-refractivity contribution is -0.172. The number of likely N-dealkylation sites (tertiary alicyclic amines) is 1. The number of fused-ring (bicyclic) bond motifs is 1. The highest BCUT2D eigenvalue weighted by molar-refractivity contribution is 7.10. The Labute approximate surface area is 279 Å². The molecule has 0 saturated carbocycles. The molecule has 0 aliphatic carbocycles. The molecule has 1 N–H and O–H groups in total. The van der Waals surface area contributed by atoms with Gasteiger partial charge in [0.2, 0.25) is 5.60 Å². The van der Waals surface area contributed by atoms with E-state index in [1.165, 1.54) is 0 Å². The maximum atomic E-state index is 14.9. The van der Waals surface area contributed by atoms with Crippen LogP contribution in [0.3, 0.4) is 0 Å². The highest BCUT2D eigenvalue weighted by Crippen LogP contribution is 2.43. The van der Waals surface area contributed by atoms with Gasteiger partial charge in [-0.25, -0.2) is 4.79 Å². The highest BCUT2D eigenvalue weighted by atomic mass is 35.5. The Morgan fingerprint density at radius 1 is 1.08 bits per heavy atom. The van der Waals surface area contributed by atoms with Crippen molar-refractivity contribution in [2.45, 2.75) is 75.8 Å². The van der Waals surface area contributed by atoms with Crippen LogP contribution in [0.25, 0.3) is 0 Å². The van der Waals surface area contributed by atoms with Crippen molar-refractivity contribution in [1.29, 1.82) is 0 Å². The number of halogens is 7. The molecule has 0 unspecified atom stereocenters. The molecule has 1 fully saturated rings. The fraction of sp³-hybridized carbons (Fsp3) is 0.419. The predicted octanol–water partition coefficient (Wildman–Crippen LogP) is 7.66. The van der Waals surface area contributed by atoms with Crippen LogP contribution in [0.2, 0.25) is 5.02 Å². The minimum Gasteiger partial charge on any atom is -0.474 e. The van der Waals surface area contributed by atoms with Gasteiger partial charge < -0.3 is 19.5 Å². The van der Waals surface area contributed by atoms with Gasteiger partial charge in [-0.15, -0.1) is 11.3 Å². The van der Waals surface area contributed by atoms with Gasteiger partial charge >= 0.3 is 18.5 Å². The van der Waals surface area contributed by atoms with Gasteiger partial charge in [0.15, 0.2) is 6.23 Å². The van der Waals surface area contributed by atoms with Gasteiger partial charge in [-0.05, 0) is 48.2 Å². The lowest BCUT2D eigenvalue weighted by atomic mass is 9.79. The van der Waals surface area contributed by atoms with Crippen molar-refractivity contribution in [3.8, 4) is 5.75 Å². The summed E-state index contributed by atoms with van der Waals surface area (Å²) >= 11 is 6.45. The van der Waals surface area contributed by atoms with Crippen molar-refractivity contribution >= 4 is 40.9 Å². The Kier molecular flexibility index (Phi) is 9.88. The van der Waals surface area contributed by atoms with Crippen LogP contribution >= 0.6 is 22.9 Å². The van der Waals surface area contributed by atoms with Crippen molar-refractivity contribution < 1.29 is 55.3 Å². The summed E-state index contributed by atoms with van der Waals surface area (Å²) in [6, 6.07) is 5.87. The Bertz CT molecular complexity index is 1700. The fourth-order valence-corrected chi connectivity index (χ4v) is 7.14. The molecule has 9 nitrogen and oxygen atoms in total. The number of hydrogen-bond donors (Lipinski definition) is 1. The Hall–Kier alpha value is -4.05. The zero-order valence-electron chi connectivity index (χ0n) is 25.1. The maximum absolute atomic E-state index is 14.9. The molecule has 0 bridgehead atoms. The number of carbonyl (C=O) groups excluding carboxylic acids is 2. The van der Waals surface area contributed by atoms with Gasteiger partial charge in [-0.3, -0.25) is 19.5 Å². The second-order valence-electron chi connectivity index (χ2n) is 11.3. The van der Waals surface area contributed by atoms with Crippen LogP contribution in [0.1, 0.15) is 64.7 Å². The van der Waals surface area contributed by atoms with Gasteiger partial charge in [0.1, 0.15) is 16.3 Å². The number of nitrogens with zero attached hydrogens (tertiary/aromatic N) is 3. The van der Waals surface area contributed by atoms with Gasteiger partial charge in [0.25, 0.3) is 11.8 Å². The zero-order valence-corrected chi connectivity index (χ0v) is 26.7. The number of thiophene rings is 1. The first kappa shape index (κ1) is 35.3. The molecular formula is C31H28ClF6N3O6S. The number of pyridine rings is 1. The first-order chi connectivity index (χ1) is 22.5. The first-order valence-corrected chi connectivity index (χ1v) is 16.0. The second kappa shape index (κ2) is 13.5. The summed E-state index contributed by atoms with van der Waals surface area (Å²) in [6.07, 6.45) is -11.9. The number of carbonyl (C=O) groups is 3. The second-order valence-corrected chi connectivity index (χ2v) is 12.7. The van der Waals surface area contributed by atoms with Gasteiger partial charge in [-0.1, -0.05) is 31.0 Å². The third-order valence-electron chi connectivity index (χ3n) is 8.27. The van der Waals surface area contributed by atoms with E-state index in [4.69, 9.17) is 21.1 Å². The molecule has 2 aromatic heterocycles. The van der Waals surface area contributed by atoms with Crippen LogP contribution in [0, 0.1) is 0 Å². The Balaban J connectivity index is 1.65. The molecule has 3 atom stereocenters. The van der Waals surface area contributed by atoms with E-state index < -0.39 is 64.3 Å². The summed E-state index contributed by atoms with van der Waals surface area (Å²) in [5.41, 5.74) is -3.24. The van der Waals surface area contributed by atoms with E-state index in [2.05, 4.69) is 4.98 Å². The molecule has 2 amide bonds. The van der Waals surface area contributed by atoms with Crippen LogP contribution in [0.15, 0.2) is 48.0 Å². The van der Waals surface area contributed by atoms with Crippen LogP contribution in [0.4, 0.5) is 31.1 Å². The van der Waals surface area contributed by atoms with E-state index >= 15 is 0 Å². The summed E-state index contributed by atoms with van der Waals surface area (Å²) in [5, 5.41) is 10.9. The molecule has 4 heterocycles. The summed E-state index contributed by atoms with van der Waals surface area (Å²) in [5.74, 6) is -2.42.